The number of halogens is 4. The molecule has 264 valence electrons. The van der Waals surface area contributed by atoms with Gasteiger partial charge >= 0.3 is 0 Å². The number of benzene rings is 3. The molecule has 0 aliphatic carbocycles. The lowest BCUT2D eigenvalue weighted by Gasteiger charge is -2.22. The van der Waals surface area contributed by atoms with Crippen LogP contribution in [0.2, 0.25) is 0 Å². The van der Waals surface area contributed by atoms with Crippen LogP contribution in [0.25, 0.3) is 16.7 Å². The van der Waals surface area contributed by atoms with E-state index in [1.807, 2.05) is 107 Å². The molecule has 0 saturated heterocycles. The van der Waals surface area contributed by atoms with Gasteiger partial charge in [0.15, 0.2) is 0 Å². The van der Waals surface area contributed by atoms with Crippen molar-refractivity contribution < 1.29 is 14.4 Å². The van der Waals surface area contributed by atoms with Crippen molar-refractivity contribution in [1.29, 1.82) is 0 Å². The van der Waals surface area contributed by atoms with Crippen molar-refractivity contribution >= 4 is 98.2 Å². The molecule has 3 amide bonds. The fourth-order valence-electron chi connectivity index (χ4n) is 5.52. The average Bonchev–Trinajstić information content (AvgIpc) is 3.73. The highest BCUT2D eigenvalue weighted by atomic mass is 79.9. The third-order valence-electron chi connectivity index (χ3n) is 7.70. The van der Waals surface area contributed by atoms with Crippen molar-refractivity contribution in [2.24, 2.45) is 11.8 Å². The lowest BCUT2D eigenvalue weighted by Crippen LogP contribution is -2.29. The van der Waals surface area contributed by atoms with Gasteiger partial charge in [0.05, 0.1) is 18.2 Å². The van der Waals surface area contributed by atoms with E-state index in [9.17, 15) is 14.4 Å². The zero-order chi connectivity index (χ0) is 37.2. The first-order valence-electron chi connectivity index (χ1n) is 16.3. The molecule has 3 aliphatic rings. The number of hydrogen-bond donors (Lipinski definition) is 1. The van der Waals surface area contributed by atoms with E-state index >= 15 is 0 Å². The van der Waals surface area contributed by atoms with Crippen LogP contribution >= 0.6 is 63.7 Å². The van der Waals surface area contributed by atoms with E-state index in [0.717, 1.165) is 51.6 Å². The molecule has 0 saturated carbocycles. The highest BCUT2D eigenvalue weighted by Crippen LogP contribution is 2.38. The molecule has 3 aromatic rings. The van der Waals surface area contributed by atoms with Crippen LogP contribution in [-0.4, -0.2) is 40.6 Å². The molecular formula is C41H39Br4N3O3. The zero-order valence-corrected chi connectivity index (χ0v) is 35.1. The van der Waals surface area contributed by atoms with Gasteiger partial charge in [-0.05, 0) is 98.3 Å². The summed E-state index contributed by atoms with van der Waals surface area (Å²) in [6, 6.07) is 29.4. The summed E-state index contributed by atoms with van der Waals surface area (Å²) in [5.74, 6) is 0.845. The number of carbonyl (C=O) groups excluding carboxylic acids is 3. The molecule has 0 bridgehead atoms. The Morgan fingerprint density at radius 2 is 1.06 bits per heavy atom. The molecule has 0 aromatic heterocycles. The van der Waals surface area contributed by atoms with Gasteiger partial charge in [-0.1, -0.05) is 125 Å². The van der Waals surface area contributed by atoms with E-state index < -0.39 is 0 Å². The molecule has 3 heterocycles. The number of allylic oxidation sites excluding steroid dienone is 3. The van der Waals surface area contributed by atoms with E-state index in [1.54, 1.807) is 12.2 Å². The van der Waals surface area contributed by atoms with Crippen LogP contribution in [0.5, 0.6) is 0 Å². The van der Waals surface area contributed by atoms with Crippen LogP contribution < -0.4 is 5.32 Å². The van der Waals surface area contributed by atoms with Crippen LogP contribution in [0.1, 0.15) is 44.4 Å². The summed E-state index contributed by atoms with van der Waals surface area (Å²) in [5, 5.41) is 2.64. The molecule has 3 aromatic carbocycles. The Balaban J connectivity index is 0.000000175. The third-order valence-corrected chi connectivity index (χ3v) is 9.27. The van der Waals surface area contributed by atoms with Crippen molar-refractivity contribution in [2.45, 2.75) is 27.7 Å². The SMILES string of the molecule is C=C1NC(=O)C=C1c1ccccc1.CC(C)CN1C(=O)C(c2ccccc2)=CC1=C(Br)Br.CC(C)CN1C(=O)C=C(c2ccccc2)C1=C(Br)Br. The molecule has 0 spiro atoms. The fourth-order valence-corrected chi connectivity index (χ4v) is 7.03. The Morgan fingerprint density at radius 1 is 0.608 bits per heavy atom. The Hall–Kier alpha value is -3.57. The summed E-state index contributed by atoms with van der Waals surface area (Å²) in [5.41, 5.74) is 8.07. The topological polar surface area (TPSA) is 69.7 Å². The molecule has 0 unspecified atom stereocenters. The summed E-state index contributed by atoms with van der Waals surface area (Å²) in [6.07, 6.45) is 5.20. The maximum Gasteiger partial charge on any atom is 0.259 e. The second kappa shape index (κ2) is 18.8. The minimum absolute atomic E-state index is 0.0407. The standard InChI is InChI=1S/2C15H15Br2NO.C11H9NO/c1-10(2)9-18-13(14(16)17)8-12(15(18)19)11-6-4-3-5-7-11;1-10(2)9-18-13(19)8-12(14(18)15(16)17)11-6-4-3-5-7-11;1-8-10(7-11(13)12-8)9-5-3-2-4-6-9/h2*3-8,10H,9H2,1-2H3;2-7H,1H2,(H,12,13). The van der Waals surface area contributed by atoms with E-state index in [4.69, 9.17) is 0 Å². The predicted octanol–water partition coefficient (Wildman–Crippen LogP) is 10.8. The van der Waals surface area contributed by atoms with Crippen LogP contribution in [0.4, 0.5) is 0 Å². The molecule has 6 rings (SSSR count). The number of carbonyl (C=O) groups is 3. The van der Waals surface area contributed by atoms with E-state index in [1.165, 1.54) is 0 Å². The smallest absolute Gasteiger partial charge is 0.259 e. The van der Waals surface area contributed by atoms with Crippen molar-refractivity contribution in [1.82, 2.24) is 15.1 Å². The van der Waals surface area contributed by atoms with E-state index in [2.05, 4.69) is 103 Å². The van der Waals surface area contributed by atoms with Crippen molar-refractivity contribution in [2.75, 3.05) is 13.1 Å². The summed E-state index contributed by atoms with van der Waals surface area (Å²) in [7, 11) is 0. The number of rotatable bonds is 7. The molecule has 0 atom stereocenters. The summed E-state index contributed by atoms with van der Waals surface area (Å²) < 4.78 is 1.61. The van der Waals surface area contributed by atoms with Gasteiger partial charge in [0.2, 0.25) is 5.91 Å². The Kier molecular flexibility index (Phi) is 14.8. The van der Waals surface area contributed by atoms with Gasteiger partial charge in [0, 0.05) is 47.7 Å². The molecule has 10 heteroatoms. The number of nitrogens with one attached hydrogen (secondary N) is 1. The van der Waals surface area contributed by atoms with Crippen LogP contribution in [-0.2, 0) is 14.4 Å². The van der Waals surface area contributed by atoms with Crippen molar-refractivity contribution in [3.63, 3.8) is 0 Å². The van der Waals surface area contributed by atoms with Gasteiger partial charge in [-0.25, -0.2) is 0 Å². The Bertz CT molecular complexity index is 1910. The van der Waals surface area contributed by atoms with Crippen molar-refractivity contribution in [3.05, 3.63) is 156 Å². The van der Waals surface area contributed by atoms with Crippen LogP contribution in [0.15, 0.2) is 140 Å². The first kappa shape index (κ1) is 40.2. The van der Waals surface area contributed by atoms with Gasteiger partial charge < -0.3 is 15.1 Å². The lowest BCUT2D eigenvalue weighted by atomic mass is 10.0. The van der Waals surface area contributed by atoms with Crippen LogP contribution in [0, 0.1) is 11.8 Å². The second-order valence-electron chi connectivity index (χ2n) is 12.6. The van der Waals surface area contributed by atoms with Gasteiger partial charge in [0.25, 0.3) is 11.8 Å². The Labute approximate surface area is 334 Å². The summed E-state index contributed by atoms with van der Waals surface area (Å²) in [6.45, 7) is 13.6. The van der Waals surface area contributed by atoms with E-state index in [0.29, 0.717) is 30.6 Å². The molecule has 6 nitrogen and oxygen atoms in total. The molecule has 3 aliphatic heterocycles. The number of nitrogens with zero attached hydrogens (tertiary/aromatic N) is 2. The van der Waals surface area contributed by atoms with Crippen molar-refractivity contribution in [3.8, 4) is 0 Å². The first-order valence-corrected chi connectivity index (χ1v) is 19.5. The zero-order valence-electron chi connectivity index (χ0n) is 28.8. The third kappa shape index (κ3) is 10.7. The average molecular weight is 941 g/mol. The van der Waals surface area contributed by atoms with Gasteiger partial charge in [-0.15, -0.1) is 0 Å². The second-order valence-corrected chi connectivity index (χ2v) is 17.9. The highest BCUT2D eigenvalue weighted by molar-refractivity contribution is 9.28. The fraction of sp³-hybridized carbons (Fsp3) is 0.195. The number of amides is 3. The van der Waals surface area contributed by atoms with Gasteiger partial charge in [0.1, 0.15) is 0 Å². The van der Waals surface area contributed by atoms with Gasteiger partial charge in [-0.3, -0.25) is 14.4 Å². The lowest BCUT2D eigenvalue weighted by molar-refractivity contribution is -0.124. The Morgan fingerprint density at radius 3 is 1.47 bits per heavy atom. The van der Waals surface area contributed by atoms with E-state index in [-0.39, 0.29) is 17.7 Å². The highest BCUT2D eigenvalue weighted by Gasteiger charge is 2.31. The minimum atomic E-state index is -0.0937. The largest absolute Gasteiger partial charge is 0.322 e. The normalized spacial score (nSPS) is 15.3. The molecule has 1 N–H and O–H groups in total. The first-order chi connectivity index (χ1) is 24.3. The quantitative estimate of drug-likeness (QED) is 0.257. The predicted molar refractivity (Wildman–Crippen MR) is 223 cm³/mol. The monoisotopic (exact) mass is 937 g/mol. The molecule has 0 fully saturated rings. The molecular weight excluding hydrogens is 902 g/mol. The summed E-state index contributed by atoms with van der Waals surface area (Å²) in [4.78, 5) is 39.3. The maximum atomic E-state index is 12.5. The molecule has 51 heavy (non-hydrogen) atoms. The van der Waals surface area contributed by atoms with Gasteiger partial charge in [-0.2, -0.15) is 0 Å². The minimum Gasteiger partial charge on any atom is -0.322 e. The number of hydrogen-bond acceptors (Lipinski definition) is 3. The molecule has 0 radical (unpaired) electrons. The van der Waals surface area contributed by atoms with Crippen LogP contribution in [0.3, 0.4) is 0 Å². The maximum absolute atomic E-state index is 12.5. The summed E-state index contributed by atoms with van der Waals surface area (Å²) >= 11 is 13.8.